The monoisotopic (exact) mass is 427 g/mol. The Morgan fingerprint density at radius 1 is 1.10 bits per heavy atom. The van der Waals surface area contributed by atoms with Crippen LogP contribution in [0.2, 0.25) is 0 Å². The molecule has 30 heavy (non-hydrogen) atoms. The molecule has 1 heterocycles. The lowest BCUT2D eigenvalue weighted by molar-refractivity contribution is -0.139. The Morgan fingerprint density at radius 2 is 1.83 bits per heavy atom. The molecular weight excluding hydrogens is 406 g/mol. The van der Waals surface area contributed by atoms with E-state index in [9.17, 15) is 14.4 Å². The standard InChI is InChI=1S/C22H21NO6S/c1-3-28-18-10-16(8-9-17(18)29-13-20(24)25)11-19-21(26)23(22(27)30-19)12-15-6-4-14(2)5-7-15/h4-11H,3,12-13H2,1-2H3,(H,24,25)/b19-11-. The number of aliphatic carboxylic acids is 1. The number of carboxylic acids is 1. The molecule has 8 heteroatoms. The molecule has 0 radical (unpaired) electrons. The number of carboxylic acid groups (broad SMARTS) is 1. The lowest BCUT2D eigenvalue weighted by Gasteiger charge is -2.13. The van der Waals surface area contributed by atoms with Gasteiger partial charge >= 0.3 is 5.97 Å². The fourth-order valence-corrected chi connectivity index (χ4v) is 3.64. The van der Waals surface area contributed by atoms with Crippen molar-refractivity contribution in [1.82, 2.24) is 4.90 Å². The Labute approximate surface area is 178 Å². The average Bonchev–Trinajstić information content (AvgIpc) is 2.96. The van der Waals surface area contributed by atoms with Gasteiger partial charge in [0.2, 0.25) is 0 Å². The number of hydrogen-bond donors (Lipinski definition) is 1. The van der Waals surface area contributed by atoms with E-state index in [0.29, 0.717) is 28.6 Å². The normalized spacial score (nSPS) is 15.0. The fourth-order valence-electron chi connectivity index (χ4n) is 2.81. The summed E-state index contributed by atoms with van der Waals surface area (Å²) in [5.74, 6) is -0.784. The second kappa shape index (κ2) is 9.49. The van der Waals surface area contributed by atoms with E-state index in [2.05, 4.69) is 0 Å². The van der Waals surface area contributed by atoms with Crippen molar-refractivity contribution in [3.63, 3.8) is 0 Å². The largest absolute Gasteiger partial charge is 0.490 e. The van der Waals surface area contributed by atoms with Crippen LogP contribution in [0.5, 0.6) is 11.5 Å². The molecule has 3 rings (SSSR count). The van der Waals surface area contributed by atoms with E-state index in [0.717, 1.165) is 22.9 Å². The van der Waals surface area contributed by atoms with Gasteiger partial charge in [-0.3, -0.25) is 14.5 Å². The summed E-state index contributed by atoms with van der Waals surface area (Å²) in [4.78, 5) is 37.4. The highest BCUT2D eigenvalue weighted by atomic mass is 32.2. The van der Waals surface area contributed by atoms with Gasteiger partial charge in [-0.25, -0.2) is 4.79 Å². The van der Waals surface area contributed by atoms with Crippen molar-refractivity contribution in [2.24, 2.45) is 0 Å². The number of amides is 2. The number of aryl methyl sites for hydroxylation is 1. The minimum atomic E-state index is -1.09. The third-order valence-corrected chi connectivity index (χ3v) is 5.16. The first kappa shape index (κ1) is 21.4. The van der Waals surface area contributed by atoms with Crippen LogP contribution in [0.4, 0.5) is 4.79 Å². The molecule has 2 amide bonds. The van der Waals surface area contributed by atoms with E-state index >= 15 is 0 Å². The van der Waals surface area contributed by atoms with Crippen LogP contribution in [0.15, 0.2) is 47.4 Å². The molecule has 1 N–H and O–H groups in total. The second-order valence-electron chi connectivity index (χ2n) is 6.58. The Balaban J connectivity index is 1.79. The zero-order chi connectivity index (χ0) is 21.7. The van der Waals surface area contributed by atoms with Gasteiger partial charge in [0.05, 0.1) is 18.1 Å². The molecule has 0 aromatic heterocycles. The van der Waals surface area contributed by atoms with Gasteiger partial charge in [0.15, 0.2) is 18.1 Å². The van der Waals surface area contributed by atoms with Crippen LogP contribution in [-0.4, -0.2) is 40.3 Å². The van der Waals surface area contributed by atoms with Crippen LogP contribution in [0.25, 0.3) is 6.08 Å². The topological polar surface area (TPSA) is 93.1 Å². The van der Waals surface area contributed by atoms with Crippen molar-refractivity contribution in [3.8, 4) is 11.5 Å². The van der Waals surface area contributed by atoms with Crippen LogP contribution in [0, 0.1) is 6.92 Å². The summed E-state index contributed by atoms with van der Waals surface area (Å²) in [5, 5.41) is 8.46. The molecule has 1 fully saturated rings. The molecular formula is C22H21NO6S. The van der Waals surface area contributed by atoms with Crippen molar-refractivity contribution in [1.29, 1.82) is 0 Å². The van der Waals surface area contributed by atoms with Crippen molar-refractivity contribution in [3.05, 3.63) is 64.1 Å². The van der Waals surface area contributed by atoms with Crippen molar-refractivity contribution in [2.75, 3.05) is 13.2 Å². The fraction of sp³-hybridized carbons (Fsp3) is 0.227. The molecule has 0 unspecified atom stereocenters. The minimum absolute atomic E-state index is 0.217. The molecule has 0 aliphatic carbocycles. The lowest BCUT2D eigenvalue weighted by Crippen LogP contribution is -2.27. The van der Waals surface area contributed by atoms with Crippen molar-refractivity contribution in [2.45, 2.75) is 20.4 Å². The molecule has 0 saturated carbocycles. The lowest BCUT2D eigenvalue weighted by atomic mass is 10.1. The molecule has 0 bridgehead atoms. The molecule has 1 aliphatic rings. The number of nitrogens with zero attached hydrogens (tertiary/aromatic N) is 1. The molecule has 0 atom stereocenters. The van der Waals surface area contributed by atoms with Crippen LogP contribution in [-0.2, 0) is 16.1 Å². The predicted molar refractivity (Wildman–Crippen MR) is 113 cm³/mol. The van der Waals surface area contributed by atoms with Gasteiger partial charge < -0.3 is 14.6 Å². The smallest absolute Gasteiger partial charge is 0.341 e. The summed E-state index contributed by atoms with van der Waals surface area (Å²) in [6.45, 7) is 3.86. The first-order valence-corrected chi connectivity index (χ1v) is 10.1. The zero-order valence-electron chi connectivity index (χ0n) is 16.6. The number of ether oxygens (including phenoxy) is 2. The second-order valence-corrected chi connectivity index (χ2v) is 7.57. The Kier molecular flexibility index (Phi) is 6.79. The summed E-state index contributed by atoms with van der Waals surface area (Å²) in [7, 11) is 0. The minimum Gasteiger partial charge on any atom is -0.490 e. The zero-order valence-corrected chi connectivity index (χ0v) is 17.4. The highest BCUT2D eigenvalue weighted by Crippen LogP contribution is 2.35. The molecule has 7 nitrogen and oxygen atoms in total. The highest BCUT2D eigenvalue weighted by Gasteiger charge is 2.35. The average molecular weight is 427 g/mol. The number of thioether (sulfide) groups is 1. The number of carbonyl (C=O) groups excluding carboxylic acids is 2. The summed E-state index contributed by atoms with van der Waals surface area (Å²) < 4.78 is 10.7. The summed E-state index contributed by atoms with van der Waals surface area (Å²) >= 11 is 0.885. The predicted octanol–water partition coefficient (Wildman–Crippen LogP) is 4.09. The molecule has 1 aliphatic heterocycles. The first-order valence-electron chi connectivity index (χ1n) is 9.29. The summed E-state index contributed by atoms with van der Waals surface area (Å²) in [5.41, 5.74) is 2.62. The summed E-state index contributed by atoms with van der Waals surface area (Å²) in [6.07, 6.45) is 1.61. The van der Waals surface area contributed by atoms with E-state index < -0.39 is 12.6 Å². The summed E-state index contributed by atoms with van der Waals surface area (Å²) in [6, 6.07) is 12.6. The van der Waals surface area contributed by atoms with Crippen LogP contribution >= 0.6 is 11.8 Å². The number of hydrogen-bond acceptors (Lipinski definition) is 6. The Hall–Kier alpha value is -3.26. The SMILES string of the molecule is CCOc1cc(/C=C2\SC(=O)N(Cc3ccc(C)cc3)C2=O)ccc1OCC(=O)O. The Bertz CT molecular complexity index is 999. The third kappa shape index (κ3) is 5.21. The maximum absolute atomic E-state index is 12.7. The van der Waals surface area contributed by atoms with Gasteiger partial charge in [0.25, 0.3) is 11.1 Å². The van der Waals surface area contributed by atoms with E-state index in [1.165, 1.54) is 4.90 Å². The quantitative estimate of drug-likeness (QED) is 0.634. The van der Waals surface area contributed by atoms with E-state index in [4.69, 9.17) is 14.6 Å². The molecule has 156 valence electrons. The molecule has 1 saturated heterocycles. The van der Waals surface area contributed by atoms with E-state index in [1.54, 1.807) is 31.2 Å². The van der Waals surface area contributed by atoms with Gasteiger partial charge in [-0.05, 0) is 54.9 Å². The van der Waals surface area contributed by atoms with Gasteiger partial charge in [-0.1, -0.05) is 35.9 Å². The van der Waals surface area contributed by atoms with Crippen molar-refractivity contribution >= 4 is 35.0 Å². The van der Waals surface area contributed by atoms with E-state index in [1.807, 2.05) is 31.2 Å². The maximum atomic E-state index is 12.7. The number of imide groups is 1. The first-order chi connectivity index (χ1) is 14.4. The molecule has 0 spiro atoms. The van der Waals surface area contributed by atoms with E-state index in [-0.39, 0.29) is 17.7 Å². The maximum Gasteiger partial charge on any atom is 0.341 e. The Morgan fingerprint density at radius 3 is 2.50 bits per heavy atom. The van der Waals surface area contributed by atoms with Gasteiger partial charge in [-0.2, -0.15) is 0 Å². The number of rotatable bonds is 8. The van der Waals surface area contributed by atoms with Crippen LogP contribution in [0.3, 0.4) is 0 Å². The van der Waals surface area contributed by atoms with Crippen molar-refractivity contribution < 1.29 is 29.0 Å². The number of carbonyl (C=O) groups is 3. The van der Waals surface area contributed by atoms with Gasteiger partial charge in [-0.15, -0.1) is 0 Å². The third-order valence-electron chi connectivity index (χ3n) is 4.25. The molecule has 2 aromatic carbocycles. The van der Waals surface area contributed by atoms with Crippen LogP contribution in [0.1, 0.15) is 23.6 Å². The highest BCUT2D eigenvalue weighted by molar-refractivity contribution is 8.18. The van der Waals surface area contributed by atoms with Gasteiger partial charge in [0, 0.05) is 0 Å². The van der Waals surface area contributed by atoms with Gasteiger partial charge in [0.1, 0.15) is 0 Å². The van der Waals surface area contributed by atoms with Crippen LogP contribution < -0.4 is 9.47 Å². The molecule has 2 aromatic rings. The number of benzene rings is 2.